The number of H-pyrrole nitrogens is 1. The number of nitrogens with zero attached hydrogens (tertiary/aromatic N) is 5. The molecule has 0 bridgehead atoms. The molecule has 2 aromatic heterocycles. The Labute approximate surface area is 151 Å². The van der Waals surface area contributed by atoms with Crippen molar-refractivity contribution >= 4 is 17.5 Å². The average Bonchev–Trinajstić information content (AvgIpc) is 3.33. The van der Waals surface area contributed by atoms with Crippen molar-refractivity contribution in [3.8, 4) is 0 Å². The second-order valence-electron chi connectivity index (χ2n) is 6.68. The molecule has 2 aromatic rings. The minimum atomic E-state index is -0.0244. The molecular formula is C18H22N6O2. The first-order valence-electron chi connectivity index (χ1n) is 8.96. The van der Waals surface area contributed by atoms with Gasteiger partial charge in [-0.3, -0.25) is 19.5 Å². The summed E-state index contributed by atoms with van der Waals surface area (Å²) >= 11 is 0. The number of hydrogen-bond acceptors (Lipinski definition) is 5. The minimum Gasteiger partial charge on any atom is -0.348 e. The molecule has 8 heteroatoms. The van der Waals surface area contributed by atoms with Crippen molar-refractivity contribution < 1.29 is 9.59 Å². The normalized spacial score (nSPS) is 18.5. The third-order valence-corrected chi connectivity index (χ3v) is 4.94. The van der Waals surface area contributed by atoms with E-state index < -0.39 is 0 Å². The first-order valence-corrected chi connectivity index (χ1v) is 8.96. The standard InChI is InChI=1S/C18H22N6O2/c25-17-2-1-5-24(17)15-10-14(11-19-12-15)18(26)23-8-6-22(7-9-23)13-16-20-3-4-21-16/h3-4,10-12H,1-2,5-9,13H2,(H,20,21). The Morgan fingerprint density at radius 1 is 1.15 bits per heavy atom. The van der Waals surface area contributed by atoms with Crippen molar-refractivity contribution in [2.75, 3.05) is 37.6 Å². The summed E-state index contributed by atoms with van der Waals surface area (Å²) in [6.45, 7) is 4.43. The van der Waals surface area contributed by atoms with Gasteiger partial charge in [0.1, 0.15) is 5.82 Å². The lowest BCUT2D eigenvalue weighted by molar-refractivity contribution is -0.117. The van der Waals surface area contributed by atoms with E-state index in [0.29, 0.717) is 31.6 Å². The van der Waals surface area contributed by atoms with Crippen molar-refractivity contribution in [1.82, 2.24) is 24.8 Å². The van der Waals surface area contributed by atoms with Gasteiger partial charge in [0.15, 0.2) is 0 Å². The zero-order valence-electron chi connectivity index (χ0n) is 14.6. The number of anilines is 1. The highest BCUT2D eigenvalue weighted by Crippen LogP contribution is 2.22. The Kier molecular flexibility index (Phi) is 4.66. The molecule has 26 heavy (non-hydrogen) atoms. The highest BCUT2D eigenvalue weighted by Gasteiger charge is 2.25. The van der Waals surface area contributed by atoms with E-state index >= 15 is 0 Å². The predicted molar refractivity (Wildman–Crippen MR) is 95.6 cm³/mol. The number of piperazine rings is 1. The molecule has 1 N–H and O–H groups in total. The second-order valence-corrected chi connectivity index (χ2v) is 6.68. The van der Waals surface area contributed by atoms with Gasteiger partial charge in [-0.15, -0.1) is 0 Å². The van der Waals surface area contributed by atoms with Crippen molar-refractivity contribution in [2.24, 2.45) is 0 Å². The smallest absolute Gasteiger partial charge is 0.255 e. The summed E-state index contributed by atoms with van der Waals surface area (Å²) in [5.41, 5.74) is 1.26. The van der Waals surface area contributed by atoms with Gasteiger partial charge in [-0.05, 0) is 12.5 Å². The highest BCUT2D eigenvalue weighted by molar-refractivity contribution is 5.98. The van der Waals surface area contributed by atoms with Crippen molar-refractivity contribution in [3.05, 3.63) is 42.2 Å². The number of aromatic nitrogens is 3. The predicted octanol–water partition coefficient (Wildman–Crippen LogP) is 0.889. The van der Waals surface area contributed by atoms with Gasteiger partial charge in [-0.25, -0.2) is 4.98 Å². The summed E-state index contributed by atoms with van der Waals surface area (Å²) in [5, 5.41) is 0. The summed E-state index contributed by atoms with van der Waals surface area (Å²) in [4.78, 5) is 42.1. The number of pyridine rings is 1. The average molecular weight is 354 g/mol. The summed E-state index contributed by atoms with van der Waals surface area (Å²) in [5.74, 6) is 1.02. The molecule has 0 aliphatic carbocycles. The Morgan fingerprint density at radius 3 is 2.69 bits per heavy atom. The Balaban J connectivity index is 1.38. The summed E-state index contributed by atoms with van der Waals surface area (Å²) < 4.78 is 0. The first-order chi connectivity index (χ1) is 12.7. The number of imidazole rings is 1. The molecule has 0 radical (unpaired) electrons. The minimum absolute atomic E-state index is 0.0244. The zero-order chi connectivity index (χ0) is 17.9. The van der Waals surface area contributed by atoms with Gasteiger partial charge in [0, 0.05) is 57.7 Å². The van der Waals surface area contributed by atoms with Crippen LogP contribution in [-0.2, 0) is 11.3 Å². The lowest BCUT2D eigenvalue weighted by Crippen LogP contribution is -2.48. The van der Waals surface area contributed by atoms with Gasteiger partial charge < -0.3 is 14.8 Å². The van der Waals surface area contributed by atoms with Crippen molar-refractivity contribution in [1.29, 1.82) is 0 Å². The van der Waals surface area contributed by atoms with E-state index in [9.17, 15) is 9.59 Å². The Bertz CT molecular complexity index is 783. The first kappa shape index (κ1) is 16.7. The quantitative estimate of drug-likeness (QED) is 0.881. The third-order valence-electron chi connectivity index (χ3n) is 4.94. The Hall–Kier alpha value is -2.74. The van der Waals surface area contributed by atoms with Crippen LogP contribution in [0.2, 0.25) is 0 Å². The number of nitrogens with one attached hydrogen (secondary N) is 1. The van der Waals surface area contributed by atoms with E-state index in [1.54, 1.807) is 29.6 Å². The highest BCUT2D eigenvalue weighted by atomic mass is 16.2. The van der Waals surface area contributed by atoms with Gasteiger partial charge in [-0.2, -0.15) is 0 Å². The molecule has 2 aliphatic rings. The molecule has 136 valence electrons. The van der Waals surface area contributed by atoms with Crippen LogP contribution in [0.3, 0.4) is 0 Å². The maximum Gasteiger partial charge on any atom is 0.255 e. The number of hydrogen-bond donors (Lipinski definition) is 1. The molecule has 0 spiro atoms. The van der Waals surface area contributed by atoms with Crippen LogP contribution in [0.4, 0.5) is 5.69 Å². The summed E-state index contributed by atoms with van der Waals surface area (Å²) in [6, 6.07) is 1.79. The second kappa shape index (κ2) is 7.25. The lowest BCUT2D eigenvalue weighted by atomic mass is 10.2. The van der Waals surface area contributed by atoms with Crippen LogP contribution in [0.5, 0.6) is 0 Å². The van der Waals surface area contributed by atoms with Crippen LogP contribution in [0, 0.1) is 0 Å². The molecular weight excluding hydrogens is 332 g/mol. The van der Waals surface area contributed by atoms with Crippen molar-refractivity contribution in [2.45, 2.75) is 19.4 Å². The van der Waals surface area contributed by atoms with Gasteiger partial charge >= 0.3 is 0 Å². The van der Waals surface area contributed by atoms with Crippen LogP contribution >= 0.6 is 0 Å². The van der Waals surface area contributed by atoms with Gasteiger partial charge in [-0.1, -0.05) is 0 Å². The van der Waals surface area contributed by atoms with E-state index in [4.69, 9.17) is 0 Å². The number of carbonyl (C=O) groups excluding carboxylic acids is 2. The molecule has 2 saturated heterocycles. The maximum atomic E-state index is 12.8. The summed E-state index contributed by atoms with van der Waals surface area (Å²) in [6.07, 6.45) is 8.23. The molecule has 2 aliphatic heterocycles. The zero-order valence-corrected chi connectivity index (χ0v) is 14.6. The van der Waals surface area contributed by atoms with Gasteiger partial charge in [0.05, 0.1) is 24.0 Å². The van der Waals surface area contributed by atoms with Crippen molar-refractivity contribution in [3.63, 3.8) is 0 Å². The van der Waals surface area contributed by atoms with Crippen LogP contribution in [0.1, 0.15) is 29.0 Å². The largest absolute Gasteiger partial charge is 0.348 e. The third kappa shape index (κ3) is 3.45. The molecule has 2 fully saturated rings. The van der Waals surface area contributed by atoms with E-state index in [1.165, 1.54) is 0 Å². The SMILES string of the molecule is O=C(c1cncc(N2CCCC2=O)c1)N1CCN(Cc2ncc[nH]2)CC1. The molecule has 4 rings (SSSR count). The summed E-state index contributed by atoms with van der Waals surface area (Å²) in [7, 11) is 0. The molecule has 0 saturated carbocycles. The van der Waals surface area contributed by atoms with E-state index in [1.807, 2.05) is 11.1 Å². The van der Waals surface area contributed by atoms with Gasteiger partial charge in [0.2, 0.25) is 5.91 Å². The molecule has 0 atom stereocenters. The molecule has 8 nitrogen and oxygen atoms in total. The van der Waals surface area contributed by atoms with E-state index in [0.717, 1.165) is 37.6 Å². The lowest BCUT2D eigenvalue weighted by Gasteiger charge is -2.34. The number of rotatable bonds is 4. The number of aromatic amines is 1. The fourth-order valence-electron chi connectivity index (χ4n) is 3.50. The van der Waals surface area contributed by atoms with Crippen LogP contribution in [0.15, 0.2) is 30.9 Å². The van der Waals surface area contributed by atoms with Crippen LogP contribution in [0.25, 0.3) is 0 Å². The topological polar surface area (TPSA) is 85.4 Å². The fraction of sp³-hybridized carbons (Fsp3) is 0.444. The number of amides is 2. The molecule has 4 heterocycles. The number of carbonyl (C=O) groups is 2. The van der Waals surface area contributed by atoms with E-state index in [-0.39, 0.29) is 11.8 Å². The monoisotopic (exact) mass is 354 g/mol. The van der Waals surface area contributed by atoms with Gasteiger partial charge in [0.25, 0.3) is 5.91 Å². The molecule has 0 aromatic carbocycles. The van der Waals surface area contributed by atoms with Crippen LogP contribution in [-0.4, -0.2) is 69.3 Å². The van der Waals surface area contributed by atoms with Crippen LogP contribution < -0.4 is 4.90 Å². The van der Waals surface area contributed by atoms with E-state index in [2.05, 4.69) is 19.9 Å². The maximum absolute atomic E-state index is 12.8. The Morgan fingerprint density at radius 2 is 2.00 bits per heavy atom. The fourth-order valence-corrected chi connectivity index (χ4v) is 3.50. The molecule has 2 amide bonds. The molecule has 0 unspecified atom stereocenters.